The lowest BCUT2D eigenvalue weighted by Gasteiger charge is -2.22. The number of nitrogens with zero attached hydrogens (tertiary/aromatic N) is 2. The highest BCUT2D eigenvalue weighted by Gasteiger charge is 2.23. The fourth-order valence-corrected chi connectivity index (χ4v) is 3.09. The van der Waals surface area contributed by atoms with Crippen LogP contribution >= 0.6 is 0 Å². The number of benzene rings is 1. The van der Waals surface area contributed by atoms with E-state index >= 15 is 0 Å². The summed E-state index contributed by atoms with van der Waals surface area (Å²) >= 11 is 0. The summed E-state index contributed by atoms with van der Waals surface area (Å²) in [5.74, 6) is 1.12. The van der Waals surface area contributed by atoms with Gasteiger partial charge in [-0.15, -0.1) is 0 Å². The molecule has 5 nitrogen and oxygen atoms in total. The lowest BCUT2D eigenvalue weighted by atomic mass is 9.89. The van der Waals surface area contributed by atoms with E-state index in [9.17, 15) is 5.26 Å². The number of aromatic nitrogens is 1. The molecule has 3 rings (SSSR count). The van der Waals surface area contributed by atoms with Gasteiger partial charge in [0.25, 0.3) is 0 Å². The molecule has 1 aromatic heterocycles. The zero-order valence-electron chi connectivity index (χ0n) is 13.6. The second-order valence-electron chi connectivity index (χ2n) is 5.72. The van der Waals surface area contributed by atoms with Crippen molar-refractivity contribution in [2.45, 2.75) is 26.9 Å². The monoisotopic (exact) mass is 309 g/mol. The standard InChI is InChI=1S/C18H19N3O2/c1-10-7-16(22-3)11(2)6-12(10)17-13(8-19)18(20)21-15-4-5-23-9-14(15)17/h6-7H,4-5,9H2,1-3H3,(H2,20,21). The van der Waals surface area contributed by atoms with E-state index in [2.05, 4.69) is 11.1 Å². The molecule has 0 saturated heterocycles. The Morgan fingerprint density at radius 1 is 1.30 bits per heavy atom. The van der Waals surface area contributed by atoms with Gasteiger partial charge < -0.3 is 15.2 Å². The van der Waals surface area contributed by atoms with E-state index in [4.69, 9.17) is 15.2 Å². The first-order valence-electron chi connectivity index (χ1n) is 7.51. The predicted octanol–water partition coefficient (Wildman–Crippen LogP) is 2.90. The van der Waals surface area contributed by atoms with E-state index in [0.29, 0.717) is 25.2 Å². The number of anilines is 1. The molecule has 0 bridgehead atoms. The lowest BCUT2D eigenvalue weighted by molar-refractivity contribution is 0.109. The average Bonchev–Trinajstić information content (AvgIpc) is 2.55. The summed E-state index contributed by atoms with van der Waals surface area (Å²) < 4.78 is 11.0. The van der Waals surface area contributed by atoms with Crippen molar-refractivity contribution in [3.05, 3.63) is 40.1 Å². The number of nitrogens with two attached hydrogens (primary N) is 1. The predicted molar refractivity (Wildman–Crippen MR) is 88.2 cm³/mol. The molecular weight excluding hydrogens is 290 g/mol. The van der Waals surface area contributed by atoms with Gasteiger partial charge >= 0.3 is 0 Å². The molecule has 2 N–H and O–H groups in total. The molecule has 0 amide bonds. The van der Waals surface area contributed by atoms with Crippen LogP contribution in [0.5, 0.6) is 5.75 Å². The molecule has 2 aromatic rings. The van der Waals surface area contributed by atoms with Gasteiger partial charge in [-0.25, -0.2) is 4.98 Å². The fourth-order valence-electron chi connectivity index (χ4n) is 3.09. The number of rotatable bonds is 2. The molecule has 1 aliphatic rings. The second kappa shape index (κ2) is 5.90. The molecule has 0 atom stereocenters. The molecule has 118 valence electrons. The lowest BCUT2D eigenvalue weighted by Crippen LogP contribution is -2.16. The SMILES string of the molecule is COc1cc(C)c(-c2c(C#N)c(N)nc3c2COCC3)cc1C. The number of nitriles is 1. The minimum atomic E-state index is 0.288. The number of hydrogen-bond donors (Lipinski definition) is 1. The van der Waals surface area contributed by atoms with Crippen molar-refractivity contribution in [1.29, 1.82) is 5.26 Å². The van der Waals surface area contributed by atoms with Gasteiger partial charge in [-0.3, -0.25) is 0 Å². The summed E-state index contributed by atoms with van der Waals surface area (Å²) in [6.45, 7) is 5.08. The quantitative estimate of drug-likeness (QED) is 0.922. The summed E-state index contributed by atoms with van der Waals surface area (Å²) in [5.41, 5.74) is 12.2. The van der Waals surface area contributed by atoms with Crippen LogP contribution in [0.4, 0.5) is 5.82 Å². The number of pyridine rings is 1. The highest BCUT2D eigenvalue weighted by atomic mass is 16.5. The van der Waals surface area contributed by atoms with Crippen LogP contribution in [0.3, 0.4) is 0 Å². The maximum Gasteiger partial charge on any atom is 0.142 e. The zero-order valence-corrected chi connectivity index (χ0v) is 13.6. The van der Waals surface area contributed by atoms with E-state index in [-0.39, 0.29) is 5.82 Å². The number of hydrogen-bond acceptors (Lipinski definition) is 5. The first kappa shape index (κ1) is 15.3. The van der Waals surface area contributed by atoms with Gasteiger partial charge in [0, 0.05) is 17.5 Å². The van der Waals surface area contributed by atoms with E-state index in [1.165, 1.54) is 0 Å². The van der Waals surface area contributed by atoms with Crippen molar-refractivity contribution in [1.82, 2.24) is 4.98 Å². The molecule has 23 heavy (non-hydrogen) atoms. The molecular formula is C18H19N3O2. The van der Waals surface area contributed by atoms with Crippen LogP contribution in [0.2, 0.25) is 0 Å². The molecule has 0 fully saturated rings. The van der Waals surface area contributed by atoms with Gasteiger partial charge in [0.1, 0.15) is 23.2 Å². The Kier molecular flexibility index (Phi) is 3.93. The van der Waals surface area contributed by atoms with Crippen LogP contribution in [0.1, 0.15) is 27.9 Å². The summed E-state index contributed by atoms with van der Waals surface area (Å²) in [5, 5.41) is 9.59. The Balaban J connectivity index is 2.34. The van der Waals surface area contributed by atoms with Crippen molar-refractivity contribution < 1.29 is 9.47 Å². The molecule has 0 aliphatic carbocycles. The van der Waals surface area contributed by atoms with Gasteiger partial charge in [0.2, 0.25) is 0 Å². The normalized spacial score (nSPS) is 13.3. The minimum absolute atomic E-state index is 0.288. The fraction of sp³-hybridized carbons (Fsp3) is 0.333. The third kappa shape index (κ3) is 2.51. The Morgan fingerprint density at radius 3 is 2.78 bits per heavy atom. The average molecular weight is 309 g/mol. The Hall–Kier alpha value is -2.58. The van der Waals surface area contributed by atoms with Crippen LogP contribution < -0.4 is 10.5 Å². The Labute approximate surface area is 135 Å². The first-order valence-corrected chi connectivity index (χ1v) is 7.51. The highest BCUT2D eigenvalue weighted by molar-refractivity contribution is 5.82. The molecule has 1 aliphatic heterocycles. The maximum absolute atomic E-state index is 9.59. The molecule has 1 aromatic carbocycles. The summed E-state index contributed by atoms with van der Waals surface area (Å²) in [6.07, 6.45) is 0.715. The Bertz CT molecular complexity index is 822. The molecule has 0 spiro atoms. The van der Waals surface area contributed by atoms with Crippen molar-refractivity contribution >= 4 is 5.82 Å². The van der Waals surface area contributed by atoms with Crippen LogP contribution in [0.15, 0.2) is 12.1 Å². The minimum Gasteiger partial charge on any atom is -0.496 e. The number of nitrogen functional groups attached to an aromatic ring is 1. The van der Waals surface area contributed by atoms with Crippen LogP contribution in [0, 0.1) is 25.2 Å². The molecule has 0 saturated carbocycles. The van der Waals surface area contributed by atoms with Crippen molar-refractivity contribution in [2.75, 3.05) is 19.5 Å². The third-order valence-electron chi connectivity index (χ3n) is 4.26. The van der Waals surface area contributed by atoms with Gasteiger partial charge in [-0.2, -0.15) is 5.26 Å². The zero-order chi connectivity index (χ0) is 16.6. The molecule has 0 unspecified atom stereocenters. The van der Waals surface area contributed by atoms with E-state index in [1.54, 1.807) is 7.11 Å². The van der Waals surface area contributed by atoms with Crippen LogP contribution in [-0.4, -0.2) is 18.7 Å². The molecule has 5 heteroatoms. The first-order chi connectivity index (χ1) is 11.1. The second-order valence-corrected chi connectivity index (χ2v) is 5.72. The highest BCUT2D eigenvalue weighted by Crippen LogP contribution is 2.38. The number of fused-ring (bicyclic) bond motifs is 1. The van der Waals surface area contributed by atoms with E-state index in [0.717, 1.165) is 39.3 Å². The van der Waals surface area contributed by atoms with Crippen molar-refractivity contribution in [3.63, 3.8) is 0 Å². The summed E-state index contributed by atoms with van der Waals surface area (Å²) in [6, 6.07) is 6.24. The molecule has 0 radical (unpaired) electrons. The number of methoxy groups -OCH3 is 1. The topological polar surface area (TPSA) is 81.2 Å². The van der Waals surface area contributed by atoms with E-state index < -0.39 is 0 Å². The van der Waals surface area contributed by atoms with Crippen LogP contribution in [0.25, 0.3) is 11.1 Å². The molecule has 2 heterocycles. The number of ether oxygens (including phenoxy) is 2. The van der Waals surface area contributed by atoms with Gasteiger partial charge in [0.15, 0.2) is 0 Å². The summed E-state index contributed by atoms with van der Waals surface area (Å²) in [4.78, 5) is 4.41. The number of aryl methyl sites for hydroxylation is 2. The van der Waals surface area contributed by atoms with Crippen molar-refractivity contribution in [3.8, 4) is 22.9 Å². The van der Waals surface area contributed by atoms with Gasteiger partial charge in [-0.05, 0) is 42.7 Å². The van der Waals surface area contributed by atoms with Gasteiger partial charge in [-0.1, -0.05) is 0 Å². The van der Waals surface area contributed by atoms with Crippen LogP contribution in [-0.2, 0) is 17.8 Å². The van der Waals surface area contributed by atoms with Gasteiger partial charge in [0.05, 0.1) is 26.0 Å². The third-order valence-corrected chi connectivity index (χ3v) is 4.26. The van der Waals surface area contributed by atoms with E-state index in [1.807, 2.05) is 26.0 Å². The Morgan fingerprint density at radius 2 is 2.09 bits per heavy atom. The summed E-state index contributed by atoms with van der Waals surface area (Å²) in [7, 11) is 1.66. The van der Waals surface area contributed by atoms with Crippen molar-refractivity contribution in [2.24, 2.45) is 0 Å². The maximum atomic E-state index is 9.59. The smallest absolute Gasteiger partial charge is 0.142 e. The largest absolute Gasteiger partial charge is 0.496 e.